The fourth-order valence-electron chi connectivity index (χ4n) is 0.635. The molecule has 12 heavy (non-hydrogen) atoms. The van der Waals surface area contributed by atoms with Crippen LogP contribution in [0.4, 0.5) is 0 Å². The number of carbonyl (C=O) groups excluding carboxylic acids is 1. The Bertz CT molecular complexity index is 150. The van der Waals surface area contributed by atoms with Crippen LogP contribution in [-0.2, 0) is 9.53 Å². The summed E-state index contributed by atoms with van der Waals surface area (Å²) in [6.07, 6.45) is 1.85. The lowest BCUT2D eigenvalue weighted by atomic mass is 10.3. The van der Waals surface area contributed by atoms with Gasteiger partial charge in [-0.15, -0.1) is 4.91 Å². The van der Waals surface area contributed by atoms with Crippen molar-refractivity contribution < 1.29 is 9.53 Å². The largest absolute Gasteiger partial charge is 0.443 e. The molecule has 0 unspecified atom stereocenters. The molecule has 5 heteroatoms. The molecule has 0 atom stereocenters. The van der Waals surface area contributed by atoms with Gasteiger partial charge in [-0.2, -0.15) is 0 Å². The normalized spacial score (nSPS) is 9.17. The molecule has 0 spiro atoms. The average Bonchev–Trinajstić information content (AvgIpc) is 2.05. The van der Waals surface area contributed by atoms with Crippen LogP contribution in [0.25, 0.3) is 0 Å². The Hall–Kier alpha value is -1.13. The summed E-state index contributed by atoms with van der Waals surface area (Å²) in [5.74, 6) is -0.403. The number of carbonyl (C=O) groups is 1. The molecule has 0 saturated carbocycles. The highest BCUT2D eigenvalue weighted by Crippen LogP contribution is 1.95. The molecule has 0 aromatic carbocycles. The summed E-state index contributed by atoms with van der Waals surface area (Å²) in [6.45, 7) is 3.80. The van der Waals surface area contributed by atoms with Gasteiger partial charge in [-0.1, -0.05) is 13.3 Å². The Morgan fingerprint density at radius 1 is 1.58 bits per heavy atom. The van der Waals surface area contributed by atoms with Crippen LogP contribution < -0.4 is 0 Å². The summed E-state index contributed by atoms with van der Waals surface area (Å²) in [5.41, 5.74) is 0. The minimum absolute atomic E-state index is 0.0428. The monoisotopic (exact) mass is 174 g/mol. The molecule has 5 nitrogen and oxygen atoms in total. The van der Waals surface area contributed by atoms with Crippen molar-refractivity contribution in [1.82, 2.24) is 5.01 Å². The fraction of sp³-hybridized carbons (Fsp3) is 0.857. The summed E-state index contributed by atoms with van der Waals surface area (Å²) in [6, 6.07) is 0. The molecule has 0 radical (unpaired) electrons. The van der Waals surface area contributed by atoms with Crippen molar-refractivity contribution in [2.75, 3.05) is 13.3 Å². The van der Waals surface area contributed by atoms with Crippen molar-refractivity contribution in [3.63, 3.8) is 0 Å². The molecular formula is C7H14N2O3. The minimum atomic E-state index is -0.403. The van der Waals surface area contributed by atoms with E-state index in [4.69, 9.17) is 0 Å². The van der Waals surface area contributed by atoms with Gasteiger partial charge < -0.3 is 4.74 Å². The second-order valence-electron chi connectivity index (χ2n) is 2.43. The number of nitroso groups, excluding NO2 is 1. The third-order valence-corrected chi connectivity index (χ3v) is 1.30. The van der Waals surface area contributed by atoms with Crippen LogP contribution in [0.3, 0.4) is 0 Å². The number of rotatable bonds is 6. The highest BCUT2D eigenvalue weighted by molar-refractivity contribution is 5.65. The number of ether oxygens (including phenoxy) is 1. The molecule has 0 saturated heterocycles. The van der Waals surface area contributed by atoms with Crippen molar-refractivity contribution in [3.8, 4) is 0 Å². The SMILES string of the molecule is CCCCN(COC(C)=O)N=O. The van der Waals surface area contributed by atoms with E-state index in [-0.39, 0.29) is 6.73 Å². The van der Waals surface area contributed by atoms with E-state index < -0.39 is 5.97 Å². The maximum absolute atomic E-state index is 10.3. The molecule has 0 heterocycles. The number of esters is 1. The van der Waals surface area contributed by atoms with Crippen LogP contribution in [0.15, 0.2) is 5.29 Å². The van der Waals surface area contributed by atoms with Crippen LogP contribution in [0.1, 0.15) is 26.7 Å². The van der Waals surface area contributed by atoms with E-state index >= 15 is 0 Å². The highest BCUT2D eigenvalue weighted by Gasteiger charge is 2.02. The van der Waals surface area contributed by atoms with Gasteiger partial charge in [-0.3, -0.25) is 4.79 Å². The molecule has 0 aliphatic rings. The summed E-state index contributed by atoms with van der Waals surface area (Å²) < 4.78 is 4.59. The first-order valence-corrected chi connectivity index (χ1v) is 3.92. The van der Waals surface area contributed by atoms with Gasteiger partial charge >= 0.3 is 5.97 Å². The molecule has 0 aromatic rings. The van der Waals surface area contributed by atoms with Gasteiger partial charge in [0, 0.05) is 13.5 Å². The molecular weight excluding hydrogens is 160 g/mol. The van der Waals surface area contributed by atoms with Gasteiger partial charge in [0.25, 0.3) is 0 Å². The van der Waals surface area contributed by atoms with E-state index in [1.807, 2.05) is 6.92 Å². The van der Waals surface area contributed by atoms with Crippen molar-refractivity contribution in [1.29, 1.82) is 0 Å². The molecule has 0 aliphatic carbocycles. The van der Waals surface area contributed by atoms with E-state index in [2.05, 4.69) is 10.0 Å². The maximum Gasteiger partial charge on any atom is 0.304 e. The Labute approximate surface area is 71.6 Å². The van der Waals surface area contributed by atoms with Crippen LogP contribution in [-0.4, -0.2) is 24.3 Å². The standard InChI is InChI=1S/C7H14N2O3/c1-3-4-5-9(8-11)6-12-7(2)10/h3-6H2,1-2H3. The number of unbranched alkanes of at least 4 members (excludes halogenated alkanes) is 1. The van der Waals surface area contributed by atoms with E-state index in [1.54, 1.807) is 0 Å². The minimum Gasteiger partial charge on any atom is -0.443 e. The third-order valence-electron chi connectivity index (χ3n) is 1.30. The average molecular weight is 174 g/mol. The zero-order chi connectivity index (χ0) is 9.40. The molecule has 0 aliphatic heterocycles. The predicted octanol–water partition coefficient (Wildman–Crippen LogP) is 1.29. The summed E-state index contributed by atoms with van der Waals surface area (Å²) >= 11 is 0. The van der Waals surface area contributed by atoms with Gasteiger partial charge in [0.1, 0.15) is 0 Å². The summed E-state index contributed by atoms with van der Waals surface area (Å²) in [4.78, 5) is 20.5. The zero-order valence-corrected chi connectivity index (χ0v) is 7.45. The smallest absolute Gasteiger partial charge is 0.304 e. The number of nitrogens with zero attached hydrogens (tertiary/aromatic N) is 2. The van der Waals surface area contributed by atoms with Gasteiger partial charge in [0.2, 0.25) is 0 Å². The van der Waals surface area contributed by atoms with Crippen LogP contribution >= 0.6 is 0 Å². The van der Waals surface area contributed by atoms with Crippen molar-refractivity contribution in [3.05, 3.63) is 4.91 Å². The maximum atomic E-state index is 10.3. The molecule has 0 amide bonds. The second kappa shape index (κ2) is 6.57. The Balaban J connectivity index is 3.52. The summed E-state index contributed by atoms with van der Waals surface area (Å²) in [7, 11) is 0. The molecule has 0 bridgehead atoms. The lowest BCUT2D eigenvalue weighted by Gasteiger charge is -2.13. The summed E-state index contributed by atoms with van der Waals surface area (Å²) in [5, 5.41) is 3.89. The van der Waals surface area contributed by atoms with E-state index in [9.17, 15) is 9.70 Å². The van der Waals surface area contributed by atoms with Crippen molar-refractivity contribution in [2.45, 2.75) is 26.7 Å². The quantitative estimate of drug-likeness (QED) is 0.263. The first kappa shape index (κ1) is 10.9. The number of hydrogen-bond acceptors (Lipinski definition) is 4. The lowest BCUT2D eigenvalue weighted by molar-refractivity contribution is -0.145. The van der Waals surface area contributed by atoms with Gasteiger partial charge in [0.05, 0.1) is 5.29 Å². The Kier molecular flexibility index (Phi) is 5.95. The van der Waals surface area contributed by atoms with Crippen LogP contribution in [0, 0.1) is 4.91 Å². The molecule has 0 rings (SSSR count). The van der Waals surface area contributed by atoms with E-state index in [0.29, 0.717) is 6.54 Å². The topological polar surface area (TPSA) is 59.0 Å². The lowest BCUT2D eigenvalue weighted by Crippen LogP contribution is -2.22. The molecule has 0 fully saturated rings. The third kappa shape index (κ3) is 5.64. The van der Waals surface area contributed by atoms with E-state index in [1.165, 1.54) is 11.9 Å². The number of hydrogen-bond donors (Lipinski definition) is 0. The predicted molar refractivity (Wildman–Crippen MR) is 44.0 cm³/mol. The first-order chi connectivity index (χ1) is 5.70. The van der Waals surface area contributed by atoms with E-state index in [0.717, 1.165) is 12.8 Å². The second-order valence-corrected chi connectivity index (χ2v) is 2.43. The Morgan fingerprint density at radius 3 is 2.67 bits per heavy atom. The van der Waals surface area contributed by atoms with Gasteiger partial charge in [0.15, 0.2) is 6.73 Å². The fourth-order valence-corrected chi connectivity index (χ4v) is 0.635. The van der Waals surface area contributed by atoms with Gasteiger partial charge in [-0.05, 0) is 6.42 Å². The molecule has 0 N–H and O–H groups in total. The zero-order valence-electron chi connectivity index (χ0n) is 7.45. The van der Waals surface area contributed by atoms with Crippen molar-refractivity contribution in [2.24, 2.45) is 5.29 Å². The van der Waals surface area contributed by atoms with Crippen LogP contribution in [0.5, 0.6) is 0 Å². The molecule has 0 aromatic heterocycles. The first-order valence-electron chi connectivity index (χ1n) is 3.92. The highest BCUT2D eigenvalue weighted by atomic mass is 16.5. The van der Waals surface area contributed by atoms with Gasteiger partial charge in [-0.25, -0.2) is 5.01 Å². The molecule has 70 valence electrons. The van der Waals surface area contributed by atoms with Crippen LogP contribution in [0.2, 0.25) is 0 Å². The Morgan fingerprint density at radius 2 is 2.25 bits per heavy atom. The van der Waals surface area contributed by atoms with Crippen molar-refractivity contribution >= 4 is 5.97 Å².